The van der Waals surface area contributed by atoms with Gasteiger partial charge >= 0.3 is 12.1 Å². The van der Waals surface area contributed by atoms with Gasteiger partial charge in [0.25, 0.3) is 5.91 Å². The van der Waals surface area contributed by atoms with Gasteiger partial charge in [-0.25, -0.2) is 0 Å². The second-order valence-corrected chi connectivity index (χ2v) is 5.46. The summed E-state index contributed by atoms with van der Waals surface area (Å²) in [5.74, 6) is -5.88. The van der Waals surface area contributed by atoms with Crippen molar-refractivity contribution >= 4 is 23.4 Å². The third-order valence-corrected chi connectivity index (χ3v) is 4.19. The second kappa shape index (κ2) is 5.58. The summed E-state index contributed by atoms with van der Waals surface area (Å²) in [6, 6.07) is 0. The lowest BCUT2D eigenvalue weighted by molar-refractivity contribution is -0.187. The molecule has 1 aromatic heterocycles. The third-order valence-electron chi connectivity index (χ3n) is 3.43. The molecule has 0 unspecified atom stereocenters. The SMILES string of the molecule is CCc1nnsc1C(=O)N1C[C@@H](C(F)(F)F)[C@H](C(=O)O)C1. The molecule has 0 saturated carbocycles. The molecule has 116 valence electrons. The number of likely N-dealkylation sites (tertiary alicyclic amines) is 1. The first-order valence-corrected chi connectivity index (χ1v) is 6.93. The molecule has 1 N–H and O–H groups in total. The lowest BCUT2D eigenvalue weighted by atomic mass is 9.96. The molecule has 2 rings (SSSR count). The van der Waals surface area contributed by atoms with Crippen molar-refractivity contribution in [1.82, 2.24) is 14.5 Å². The number of alkyl halides is 3. The molecule has 0 radical (unpaired) electrons. The van der Waals surface area contributed by atoms with Gasteiger partial charge in [0.15, 0.2) is 0 Å². The van der Waals surface area contributed by atoms with Crippen LogP contribution in [0.25, 0.3) is 0 Å². The van der Waals surface area contributed by atoms with Crippen LogP contribution in [-0.4, -0.2) is 50.7 Å². The Labute approximate surface area is 121 Å². The molecule has 1 amide bonds. The van der Waals surface area contributed by atoms with Crippen LogP contribution in [0.3, 0.4) is 0 Å². The molecule has 0 aromatic carbocycles. The molecule has 1 saturated heterocycles. The van der Waals surface area contributed by atoms with Gasteiger partial charge in [0.1, 0.15) is 4.88 Å². The molecule has 1 aliphatic heterocycles. The van der Waals surface area contributed by atoms with Crippen molar-refractivity contribution in [3.8, 4) is 0 Å². The number of hydrogen-bond acceptors (Lipinski definition) is 5. The first-order chi connectivity index (χ1) is 9.75. The summed E-state index contributed by atoms with van der Waals surface area (Å²) in [6.07, 6.45) is -4.23. The molecule has 21 heavy (non-hydrogen) atoms. The van der Waals surface area contributed by atoms with Crippen LogP contribution in [-0.2, 0) is 11.2 Å². The summed E-state index contributed by atoms with van der Waals surface area (Å²) >= 11 is 0.806. The Kier molecular flexibility index (Phi) is 4.17. The molecular formula is C11H12F3N3O3S. The van der Waals surface area contributed by atoms with Gasteiger partial charge in [-0.15, -0.1) is 5.10 Å². The Morgan fingerprint density at radius 2 is 2.10 bits per heavy atom. The molecule has 2 atom stereocenters. The Bertz CT molecular complexity index is 560. The van der Waals surface area contributed by atoms with E-state index in [0.717, 1.165) is 16.4 Å². The molecule has 1 fully saturated rings. The summed E-state index contributed by atoms with van der Waals surface area (Å²) in [7, 11) is 0. The van der Waals surface area contributed by atoms with Gasteiger partial charge in [0.2, 0.25) is 0 Å². The van der Waals surface area contributed by atoms with E-state index >= 15 is 0 Å². The van der Waals surface area contributed by atoms with E-state index in [9.17, 15) is 22.8 Å². The van der Waals surface area contributed by atoms with E-state index in [1.165, 1.54) is 0 Å². The molecular weight excluding hydrogens is 311 g/mol. The summed E-state index contributed by atoms with van der Waals surface area (Å²) in [6.45, 7) is 0.635. The standard InChI is InChI=1S/C11H12F3N3O3S/c1-2-7-8(21-16-15-7)9(18)17-3-5(10(19)20)6(4-17)11(12,13)14/h5-6H,2-4H2,1H3,(H,19,20)/t5-,6-/m1/s1. The normalized spacial score (nSPS) is 22.6. The van der Waals surface area contributed by atoms with Crippen LogP contribution >= 0.6 is 11.5 Å². The number of carbonyl (C=O) groups excluding carboxylic acids is 1. The first kappa shape index (κ1) is 15.7. The Hall–Kier alpha value is -1.71. The van der Waals surface area contributed by atoms with Crippen LogP contribution in [0.4, 0.5) is 13.2 Å². The number of carboxylic acid groups (broad SMARTS) is 1. The molecule has 6 nitrogen and oxygen atoms in total. The minimum absolute atomic E-state index is 0.171. The van der Waals surface area contributed by atoms with Crippen molar-refractivity contribution in [3.63, 3.8) is 0 Å². The second-order valence-electron chi connectivity index (χ2n) is 4.71. The molecule has 0 aliphatic carbocycles. The maximum absolute atomic E-state index is 12.9. The van der Waals surface area contributed by atoms with Crippen molar-refractivity contribution in [3.05, 3.63) is 10.6 Å². The smallest absolute Gasteiger partial charge is 0.394 e. The highest BCUT2D eigenvalue weighted by atomic mass is 32.1. The quantitative estimate of drug-likeness (QED) is 0.910. The van der Waals surface area contributed by atoms with Gasteiger partial charge in [0, 0.05) is 13.1 Å². The van der Waals surface area contributed by atoms with E-state index in [1.807, 2.05) is 0 Å². The van der Waals surface area contributed by atoms with Crippen LogP contribution in [0, 0.1) is 11.8 Å². The van der Waals surface area contributed by atoms with Crippen molar-refractivity contribution in [2.45, 2.75) is 19.5 Å². The average molecular weight is 323 g/mol. The van der Waals surface area contributed by atoms with Gasteiger partial charge in [-0.1, -0.05) is 11.4 Å². The molecule has 0 bridgehead atoms. The van der Waals surface area contributed by atoms with E-state index in [0.29, 0.717) is 12.1 Å². The predicted octanol–water partition coefficient (Wildman–Crippen LogP) is 1.44. The zero-order valence-corrected chi connectivity index (χ0v) is 11.7. The lowest BCUT2D eigenvalue weighted by Crippen LogP contribution is -2.34. The monoisotopic (exact) mass is 323 g/mol. The van der Waals surface area contributed by atoms with Crippen molar-refractivity contribution in [2.24, 2.45) is 11.8 Å². The van der Waals surface area contributed by atoms with E-state index in [-0.39, 0.29) is 4.88 Å². The number of amides is 1. The highest BCUT2D eigenvalue weighted by Crippen LogP contribution is 2.38. The Balaban J connectivity index is 2.23. The van der Waals surface area contributed by atoms with Crippen molar-refractivity contribution in [2.75, 3.05) is 13.1 Å². The van der Waals surface area contributed by atoms with Crippen molar-refractivity contribution < 1.29 is 27.9 Å². The predicted molar refractivity (Wildman–Crippen MR) is 65.9 cm³/mol. The molecule has 1 aromatic rings. The summed E-state index contributed by atoms with van der Waals surface area (Å²) in [5.41, 5.74) is 0.410. The number of rotatable bonds is 3. The van der Waals surface area contributed by atoms with Crippen LogP contribution < -0.4 is 0 Å². The van der Waals surface area contributed by atoms with Gasteiger partial charge in [0.05, 0.1) is 17.5 Å². The maximum Gasteiger partial charge on any atom is 0.394 e. The van der Waals surface area contributed by atoms with Crippen LogP contribution in [0.15, 0.2) is 0 Å². The van der Waals surface area contributed by atoms with Crippen LogP contribution in [0.5, 0.6) is 0 Å². The minimum atomic E-state index is -4.66. The number of aliphatic carboxylic acids is 1. The van der Waals surface area contributed by atoms with E-state index in [1.54, 1.807) is 6.92 Å². The number of hydrogen-bond donors (Lipinski definition) is 1. The summed E-state index contributed by atoms with van der Waals surface area (Å²) in [5, 5.41) is 12.6. The van der Waals surface area contributed by atoms with Gasteiger partial charge in [-0.3, -0.25) is 9.59 Å². The fourth-order valence-electron chi connectivity index (χ4n) is 2.30. The number of carboxylic acids is 1. The topological polar surface area (TPSA) is 83.4 Å². The van der Waals surface area contributed by atoms with Gasteiger partial charge in [-0.2, -0.15) is 13.2 Å². The fourth-order valence-corrected chi connectivity index (χ4v) is 3.02. The largest absolute Gasteiger partial charge is 0.481 e. The molecule has 1 aliphatic rings. The summed E-state index contributed by atoms with van der Waals surface area (Å²) < 4.78 is 42.2. The highest BCUT2D eigenvalue weighted by molar-refractivity contribution is 7.08. The van der Waals surface area contributed by atoms with E-state index in [4.69, 9.17) is 5.11 Å². The van der Waals surface area contributed by atoms with Gasteiger partial charge < -0.3 is 10.0 Å². The van der Waals surface area contributed by atoms with Crippen LogP contribution in [0.1, 0.15) is 22.3 Å². The van der Waals surface area contributed by atoms with E-state index < -0.39 is 43.0 Å². The number of halogens is 3. The average Bonchev–Trinajstić information content (AvgIpc) is 3.03. The lowest BCUT2D eigenvalue weighted by Gasteiger charge is -2.18. The zero-order chi connectivity index (χ0) is 15.8. The maximum atomic E-state index is 12.9. The molecule has 2 heterocycles. The fraction of sp³-hybridized carbons (Fsp3) is 0.636. The highest BCUT2D eigenvalue weighted by Gasteiger charge is 2.53. The van der Waals surface area contributed by atoms with Crippen molar-refractivity contribution in [1.29, 1.82) is 0 Å². The Morgan fingerprint density at radius 1 is 1.43 bits per heavy atom. The number of aromatic nitrogens is 2. The zero-order valence-electron chi connectivity index (χ0n) is 10.9. The number of carbonyl (C=O) groups is 2. The molecule has 0 spiro atoms. The Morgan fingerprint density at radius 3 is 2.57 bits per heavy atom. The molecule has 10 heteroatoms. The number of aryl methyl sites for hydroxylation is 1. The number of nitrogens with zero attached hydrogens (tertiary/aromatic N) is 3. The minimum Gasteiger partial charge on any atom is -0.481 e. The van der Waals surface area contributed by atoms with Gasteiger partial charge in [-0.05, 0) is 18.0 Å². The van der Waals surface area contributed by atoms with Crippen LogP contribution in [0.2, 0.25) is 0 Å². The summed E-state index contributed by atoms with van der Waals surface area (Å²) in [4.78, 5) is 24.3. The van der Waals surface area contributed by atoms with E-state index in [2.05, 4.69) is 9.59 Å². The first-order valence-electron chi connectivity index (χ1n) is 6.15. The third kappa shape index (κ3) is 2.99.